The first-order valence-electron chi connectivity index (χ1n) is 17.1. The van der Waals surface area contributed by atoms with Crippen molar-refractivity contribution in [2.75, 3.05) is 4.90 Å². The zero-order chi connectivity index (χ0) is 33.0. The molecule has 0 unspecified atom stereocenters. The van der Waals surface area contributed by atoms with Crippen molar-refractivity contribution in [2.24, 2.45) is 0 Å². The number of rotatable bonds is 5. The maximum atomic E-state index is 6.75. The third-order valence-electron chi connectivity index (χ3n) is 10.0. The van der Waals surface area contributed by atoms with E-state index in [-0.39, 0.29) is 0 Å². The number of furan rings is 1. The third-order valence-corrected chi connectivity index (χ3v) is 10.0. The summed E-state index contributed by atoms with van der Waals surface area (Å²) in [5, 5.41) is 9.67. The summed E-state index contributed by atoms with van der Waals surface area (Å²) in [6, 6.07) is 67.4. The Balaban J connectivity index is 1.19. The topological polar surface area (TPSA) is 16.4 Å². The Kier molecular flexibility index (Phi) is 6.53. The fourth-order valence-corrected chi connectivity index (χ4v) is 7.67. The lowest BCUT2D eigenvalue weighted by Gasteiger charge is -2.26. The van der Waals surface area contributed by atoms with Crippen molar-refractivity contribution in [3.05, 3.63) is 188 Å². The van der Waals surface area contributed by atoms with Gasteiger partial charge < -0.3 is 9.32 Å². The highest BCUT2D eigenvalue weighted by Crippen LogP contribution is 2.46. The summed E-state index contributed by atoms with van der Waals surface area (Å²) in [4.78, 5) is 2.34. The van der Waals surface area contributed by atoms with Gasteiger partial charge in [0.05, 0.1) is 5.69 Å². The molecule has 0 amide bonds. The molecule has 0 N–H and O–H groups in total. The zero-order valence-corrected chi connectivity index (χ0v) is 27.3. The minimum atomic E-state index is 0.877. The number of nitrogens with zero attached hydrogens (tertiary/aromatic N) is 1. The molecule has 1 aromatic heterocycles. The molecule has 9 aromatic carbocycles. The van der Waals surface area contributed by atoms with Crippen LogP contribution in [0.25, 0.3) is 76.5 Å². The lowest BCUT2D eigenvalue weighted by Crippen LogP contribution is -2.10. The highest BCUT2D eigenvalue weighted by atomic mass is 16.3. The van der Waals surface area contributed by atoms with Gasteiger partial charge in [-0.1, -0.05) is 146 Å². The van der Waals surface area contributed by atoms with Gasteiger partial charge in [0.2, 0.25) is 0 Å². The van der Waals surface area contributed by atoms with Crippen LogP contribution in [0.1, 0.15) is 0 Å². The quantitative estimate of drug-likeness (QED) is 0.175. The van der Waals surface area contributed by atoms with Gasteiger partial charge in [0.1, 0.15) is 5.58 Å². The molecule has 0 fully saturated rings. The van der Waals surface area contributed by atoms with Crippen LogP contribution >= 0.6 is 0 Å². The van der Waals surface area contributed by atoms with Gasteiger partial charge in [-0.15, -0.1) is 0 Å². The molecular formula is C48H31NO. The van der Waals surface area contributed by atoms with E-state index in [0.717, 1.165) is 39.0 Å². The molecule has 0 aliphatic heterocycles. The van der Waals surface area contributed by atoms with Gasteiger partial charge in [-0.3, -0.25) is 0 Å². The molecule has 234 valence electrons. The van der Waals surface area contributed by atoms with Gasteiger partial charge >= 0.3 is 0 Å². The van der Waals surface area contributed by atoms with E-state index in [2.05, 4.69) is 187 Å². The van der Waals surface area contributed by atoms with Crippen molar-refractivity contribution in [3.63, 3.8) is 0 Å². The predicted octanol–water partition coefficient (Wildman–Crippen LogP) is 13.8. The maximum Gasteiger partial charge on any atom is 0.160 e. The molecule has 2 heteroatoms. The van der Waals surface area contributed by atoms with Gasteiger partial charge in [-0.05, 0) is 97.0 Å². The van der Waals surface area contributed by atoms with Crippen LogP contribution in [-0.4, -0.2) is 0 Å². The molecule has 0 spiro atoms. The Hall–Kier alpha value is -6.64. The summed E-state index contributed by atoms with van der Waals surface area (Å²) in [5.74, 6) is 0. The fraction of sp³-hybridized carbons (Fsp3) is 0. The smallest absolute Gasteiger partial charge is 0.160 e. The van der Waals surface area contributed by atoms with Gasteiger partial charge in [0.15, 0.2) is 5.58 Å². The van der Waals surface area contributed by atoms with Crippen LogP contribution in [-0.2, 0) is 0 Å². The number of anilines is 3. The molecule has 1 heterocycles. The number of hydrogen-bond acceptors (Lipinski definition) is 2. The molecule has 0 aliphatic carbocycles. The number of para-hydroxylation sites is 1. The maximum absolute atomic E-state index is 6.75. The Morgan fingerprint density at radius 2 is 0.880 bits per heavy atom. The molecule has 0 atom stereocenters. The van der Waals surface area contributed by atoms with Crippen LogP contribution < -0.4 is 4.90 Å². The normalized spacial score (nSPS) is 11.6. The number of fused-ring (bicyclic) bond motifs is 8. The predicted molar refractivity (Wildman–Crippen MR) is 212 cm³/mol. The Morgan fingerprint density at radius 3 is 1.60 bits per heavy atom. The molecule has 50 heavy (non-hydrogen) atoms. The molecule has 10 aromatic rings. The Morgan fingerprint density at radius 1 is 0.360 bits per heavy atom. The second-order valence-electron chi connectivity index (χ2n) is 12.9. The van der Waals surface area contributed by atoms with E-state index in [0.29, 0.717) is 0 Å². The van der Waals surface area contributed by atoms with Gasteiger partial charge in [-0.2, -0.15) is 0 Å². The van der Waals surface area contributed by atoms with Crippen LogP contribution in [0.4, 0.5) is 17.1 Å². The minimum Gasteiger partial charge on any atom is -0.454 e. The molecule has 0 aliphatic rings. The first-order chi connectivity index (χ1) is 24.8. The molecule has 0 bridgehead atoms. The lowest BCUT2D eigenvalue weighted by atomic mass is 9.93. The van der Waals surface area contributed by atoms with Crippen molar-refractivity contribution >= 4 is 71.3 Å². The first kappa shape index (κ1) is 28.4. The van der Waals surface area contributed by atoms with Crippen molar-refractivity contribution < 1.29 is 4.42 Å². The number of benzene rings is 9. The standard InChI is InChI=1S/C48H31NO/c1-2-12-32(13-3-1)33-22-26-37(27-23-33)49(45-31-36-15-5-7-17-40(36)47-43-20-10-11-21-46(43)50-48(45)47)38-28-24-34(25-29-38)44-30-35-14-4-6-16-39(35)41-18-8-9-19-42(41)44/h1-31H. The van der Waals surface area contributed by atoms with Gasteiger partial charge in [0, 0.05) is 22.1 Å². The highest BCUT2D eigenvalue weighted by molar-refractivity contribution is 6.23. The molecule has 10 rings (SSSR count). The highest BCUT2D eigenvalue weighted by Gasteiger charge is 2.22. The summed E-state index contributed by atoms with van der Waals surface area (Å²) < 4.78 is 6.75. The van der Waals surface area contributed by atoms with Crippen molar-refractivity contribution in [2.45, 2.75) is 0 Å². The van der Waals surface area contributed by atoms with E-state index in [9.17, 15) is 0 Å². The SMILES string of the molecule is c1ccc(-c2ccc(N(c3ccc(-c4cc5ccccc5c5ccccc45)cc3)c3cc4ccccc4c4c3oc3ccccc34)cc2)cc1. The summed E-state index contributed by atoms with van der Waals surface area (Å²) >= 11 is 0. The second-order valence-corrected chi connectivity index (χ2v) is 12.9. The fourth-order valence-electron chi connectivity index (χ4n) is 7.67. The lowest BCUT2D eigenvalue weighted by molar-refractivity contribution is 0.669. The number of hydrogen-bond donors (Lipinski definition) is 0. The first-order valence-corrected chi connectivity index (χ1v) is 17.1. The molecule has 2 nitrogen and oxygen atoms in total. The van der Waals surface area contributed by atoms with Crippen LogP contribution in [0.5, 0.6) is 0 Å². The van der Waals surface area contributed by atoms with E-state index < -0.39 is 0 Å². The van der Waals surface area contributed by atoms with E-state index >= 15 is 0 Å². The monoisotopic (exact) mass is 637 g/mol. The van der Waals surface area contributed by atoms with Crippen LogP contribution in [0, 0.1) is 0 Å². The summed E-state index contributed by atoms with van der Waals surface area (Å²) in [6.07, 6.45) is 0. The Labute approximate surface area is 290 Å². The van der Waals surface area contributed by atoms with Crippen molar-refractivity contribution in [1.29, 1.82) is 0 Å². The van der Waals surface area contributed by atoms with E-state index in [1.165, 1.54) is 54.6 Å². The van der Waals surface area contributed by atoms with E-state index in [4.69, 9.17) is 4.42 Å². The summed E-state index contributed by atoms with van der Waals surface area (Å²) in [7, 11) is 0. The van der Waals surface area contributed by atoms with Crippen molar-refractivity contribution in [3.8, 4) is 22.3 Å². The summed E-state index contributed by atoms with van der Waals surface area (Å²) in [6.45, 7) is 0. The average molecular weight is 638 g/mol. The van der Waals surface area contributed by atoms with Crippen LogP contribution in [0.2, 0.25) is 0 Å². The third kappa shape index (κ3) is 4.57. The average Bonchev–Trinajstić information content (AvgIpc) is 3.59. The molecule has 0 saturated heterocycles. The Bertz CT molecular complexity index is 2850. The van der Waals surface area contributed by atoms with Crippen molar-refractivity contribution in [1.82, 2.24) is 0 Å². The molecule has 0 saturated carbocycles. The van der Waals surface area contributed by atoms with Crippen LogP contribution in [0.15, 0.2) is 192 Å². The minimum absolute atomic E-state index is 0.877. The molecule has 0 radical (unpaired) electrons. The van der Waals surface area contributed by atoms with Crippen LogP contribution in [0.3, 0.4) is 0 Å². The van der Waals surface area contributed by atoms with Gasteiger partial charge in [0.25, 0.3) is 0 Å². The second kappa shape index (κ2) is 11.5. The zero-order valence-electron chi connectivity index (χ0n) is 27.3. The van der Waals surface area contributed by atoms with E-state index in [1.807, 2.05) is 6.07 Å². The largest absolute Gasteiger partial charge is 0.454 e. The van der Waals surface area contributed by atoms with Gasteiger partial charge in [-0.25, -0.2) is 0 Å². The molecular weight excluding hydrogens is 607 g/mol. The summed E-state index contributed by atoms with van der Waals surface area (Å²) in [5.41, 5.74) is 9.68. The van der Waals surface area contributed by atoms with E-state index in [1.54, 1.807) is 0 Å².